The van der Waals surface area contributed by atoms with E-state index >= 15 is 0 Å². The number of nitrogens with one attached hydrogen (secondary N) is 2. The van der Waals surface area contributed by atoms with Crippen LogP contribution < -0.4 is 15.4 Å². The Hall–Kier alpha value is -6.64. The first kappa shape index (κ1) is 53.2. The van der Waals surface area contributed by atoms with Crippen molar-refractivity contribution in [2.75, 3.05) is 45.9 Å². The van der Waals surface area contributed by atoms with E-state index < -0.39 is 71.0 Å². The van der Waals surface area contributed by atoms with Crippen molar-refractivity contribution >= 4 is 80.3 Å². The van der Waals surface area contributed by atoms with Gasteiger partial charge in [-0.1, -0.05) is 54.1 Å². The number of esters is 1. The van der Waals surface area contributed by atoms with Crippen molar-refractivity contribution < 1.29 is 51.4 Å². The summed E-state index contributed by atoms with van der Waals surface area (Å²) in [5.41, 5.74) is 3.39. The highest BCUT2D eigenvalue weighted by Crippen LogP contribution is 2.44. The molecule has 16 nitrogen and oxygen atoms in total. The average Bonchev–Trinajstić information content (AvgIpc) is 4.01. The van der Waals surface area contributed by atoms with Gasteiger partial charge in [-0.2, -0.15) is 18.3 Å². The highest BCUT2D eigenvalue weighted by Gasteiger charge is 2.46. The number of benzene rings is 3. The summed E-state index contributed by atoms with van der Waals surface area (Å²) in [4.78, 5) is 73.3. The van der Waals surface area contributed by atoms with Crippen molar-refractivity contribution in [2.24, 2.45) is 12.0 Å². The van der Waals surface area contributed by atoms with Gasteiger partial charge in [0.15, 0.2) is 6.61 Å². The molecule has 0 radical (unpaired) electrons. The third-order valence-corrected chi connectivity index (χ3v) is 15.3. The van der Waals surface area contributed by atoms with Crippen LogP contribution in [0.4, 0.5) is 13.2 Å². The highest BCUT2D eigenvalue weighted by molar-refractivity contribution is 8.03. The molecule has 6 heterocycles. The number of halogens is 4. The van der Waals surface area contributed by atoms with Gasteiger partial charge in [0.2, 0.25) is 17.7 Å². The number of hydrogen-bond donors (Lipinski definition) is 2. The van der Waals surface area contributed by atoms with Crippen LogP contribution in [0.1, 0.15) is 67.5 Å². The Kier molecular flexibility index (Phi) is 15.3. The highest BCUT2D eigenvalue weighted by atomic mass is 35.5. The molecular formula is C54H58ClF3N8O8S. The molecule has 3 aromatic carbocycles. The molecule has 4 aliphatic heterocycles. The monoisotopic (exact) mass is 1070 g/mol. The largest absolute Gasteiger partial charge is 0.493 e. The van der Waals surface area contributed by atoms with E-state index in [1.165, 1.54) is 5.41 Å². The maximum atomic E-state index is 14.7. The Morgan fingerprint density at radius 2 is 1.68 bits per heavy atom. The first-order valence-corrected chi connectivity index (χ1v) is 26.2. The number of rotatable bonds is 15. The summed E-state index contributed by atoms with van der Waals surface area (Å²) in [5.74, 6) is -2.28. The number of aryl methyl sites for hydroxylation is 3. The number of aliphatic imine (C=N–C) groups is 1. The van der Waals surface area contributed by atoms with E-state index in [2.05, 4.69) is 20.5 Å². The summed E-state index contributed by atoms with van der Waals surface area (Å²) in [5, 5.41) is 13.2. The number of piperidine rings is 1. The van der Waals surface area contributed by atoms with Gasteiger partial charge in [0.25, 0.3) is 5.91 Å². The maximum Gasteiger partial charge on any atom is 0.433 e. The number of aromatic nitrogens is 3. The zero-order valence-electron chi connectivity index (χ0n) is 42.4. The lowest BCUT2D eigenvalue weighted by atomic mass is 9.98. The van der Waals surface area contributed by atoms with Gasteiger partial charge in [0.05, 0.1) is 22.8 Å². The summed E-state index contributed by atoms with van der Waals surface area (Å²) in [6.45, 7) is 11.5. The van der Waals surface area contributed by atoms with Crippen LogP contribution in [-0.2, 0) is 48.7 Å². The molecule has 4 amide bonds. The van der Waals surface area contributed by atoms with Crippen LogP contribution in [0.2, 0.25) is 5.02 Å². The first-order chi connectivity index (χ1) is 35.7. The topological polar surface area (TPSA) is 179 Å². The predicted molar refractivity (Wildman–Crippen MR) is 280 cm³/mol. The van der Waals surface area contributed by atoms with Crippen molar-refractivity contribution in [1.29, 1.82) is 0 Å². The molecule has 0 spiro atoms. The maximum absolute atomic E-state index is 14.7. The molecule has 0 aliphatic carbocycles. The van der Waals surface area contributed by atoms with Gasteiger partial charge >= 0.3 is 12.1 Å². The second-order valence-corrected chi connectivity index (χ2v) is 21.4. The SMILES string of the molecule is Cc1nn(C)c(C)c1-c1c(Cl)ccc2c(CCCOc3cccc4ccccc34)c(C(=O)OC(C)(C)C)n(CCN3CCN(C(=O)COC4=CC(C(F)(F)F)=NC5C4=CSC5C(=O)NC4CCC(=O)NC4=O)CC3)c12. The average molecular weight is 1070 g/mol. The standard InChI is InChI=1S/C54H58ClF3N8O8S/c1-30-44(31(2)63(6)62-30)45-37(55)17-16-35-34(14-10-26-72-39-15-9-12-32-11-7-8-13-33(32)39)48(52(71)74-53(3,4)5)66(47(35)45)25-22-64-20-23-65(24-21-64)43(68)28-73-40-27-41(54(56,57)58)60-46-36(40)29-75-49(46)51(70)59-38-18-19-42(67)61-50(38)69/h7-9,11-13,15-17,27,29,38,46,49H,10,14,18-26,28H2,1-6H3,(H,59,70)(H,61,67,69). The fourth-order valence-electron chi connectivity index (χ4n) is 10.1. The van der Waals surface area contributed by atoms with Crippen molar-refractivity contribution in [2.45, 2.75) is 96.0 Å². The molecule has 3 atom stereocenters. The van der Waals surface area contributed by atoms with Crippen molar-refractivity contribution in [1.82, 2.24) is 34.8 Å². The lowest BCUT2D eigenvalue weighted by molar-refractivity contribution is -0.137. The molecule has 2 aromatic heterocycles. The predicted octanol–water partition coefficient (Wildman–Crippen LogP) is 7.78. The molecule has 9 rings (SSSR count). The lowest BCUT2D eigenvalue weighted by Gasteiger charge is -2.35. The van der Waals surface area contributed by atoms with Gasteiger partial charge in [-0.3, -0.25) is 39.1 Å². The van der Waals surface area contributed by atoms with E-state index in [0.717, 1.165) is 73.3 Å². The zero-order valence-corrected chi connectivity index (χ0v) is 44.0. The van der Waals surface area contributed by atoms with E-state index in [9.17, 15) is 37.1 Å². The second-order valence-electron chi connectivity index (χ2n) is 20.0. The van der Waals surface area contributed by atoms with Crippen LogP contribution in [0.5, 0.6) is 5.75 Å². The minimum Gasteiger partial charge on any atom is -0.493 e. The number of piperazine rings is 1. The van der Waals surface area contributed by atoms with E-state index in [1.54, 1.807) is 4.90 Å². The quantitative estimate of drug-likeness (QED) is 0.0594. The number of amides is 4. The van der Waals surface area contributed by atoms with Crippen LogP contribution in [0.3, 0.4) is 0 Å². The normalized spacial score (nSPS) is 19.4. The second kappa shape index (κ2) is 21.5. The Morgan fingerprint density at radius 3 is 2.39 bits per heavy atom. The number of dihydropyridines is 1. The molecule has 2 N–H and O–H groups in total. The van der Waals surface area contributed by atoms with Crippen LogP contribution in [0, 0.1) is 13.8 Å². The number of thioether (sulfide) groups is 1. The van der Waals surface area contributed by atoms with E-state index in [1.807, 2.05) is 106 Å². The van der Waals surface area contributed by atoms with Gasteiger partial charge in [-0.15, -0.1) is 11.8 Å². The molecule has 0 saturated carbocycles. The van der Waals surface area contributed by atoms with Crippen molar-refractivity contribution in [3.05, 3.63) is 105 Å². The molecule has 5 aromatic rings. The Bertz CT molecular complexity index is 3200. The summed E-state index contributed by atoms with van der Waals surface area (Å²) < 4.78 is 64.8. The summed E-state index contributed by atoms with van der Waals surface area (Å²) in [6, 6.07) is 15.5. The van der Waals surface area contributed by atoms with Crippen LogP contribution >= 0.6 is 23.4 Å². The van der Waals surface area contributed by atoms with Crippen molar-refractivity contribution in [3.63, 3.8) is 0 Å². The zero-order chi connectivity index (χ0) is 53.5. The van der Waals surface area contributed by atoms with E-state index in [-0.39, 0.29) is 24.2 Å². The number of carbonyl (C=O) groups excluding carboxylic acids is 5. The summed E-state index contributed by atoms with van der Waals surface area (Å²) >= 11 is 8.12. The van der Waals surface area contributed by atoms with Gasteiger partial charge in [0.1, 0.15) is 45.8 Å². The fourth-order valence-corrected chi connectivity index (χ4v) is 11.5. The molecule has 21 heteroatoms. The van der Waals surface area contributed by atoms with Crippen LogP contribution in [-0.4, -0.2) is 135 Å². The molecule has 2 fully saturated rings. The lowest BCUT2D eigenvalue weighted by Crippen LogP contribution is -2.54. The van der Waals surface area contributed by atoms with Crippen LogP contribution in [0.25, 0.3) is 32.8 Å². The Morgan fingerprint density at radius 1 is 0.933 bits per heavy atom. The minimum absolute atomic E-state index is 0.000530. The number of allylic oxidation sites excluding steroid dienone is 1. The van der Waals surface area contributed by atoms with E-state index in [4.69, 9.17) is 30.9 Å². The number of carbonyl (C=O) groups is 5. The van der Waals surface area contributed by atoms with Crippen molar-refractivity contribution in [3.8, 4) is 16.9 Å². The Balaban J connectivity index is 0.915. The molecule has 0 bridgehead atoms. The molecule has 2 saturated heterocycles. The first-order valence-electron chi connectivity index (χ1n) is 24.8. The van der Waals surface area contributed by atoms with Gasteiger partial charge in [-0.25, -0.2) is 4.79 Å². The molecule has 4 aliphatic rings. The number of hydrogen-bond acceptors (Lipinski definition) is 12. The van der Waals surface area contributed by atoms with E-state index in [0.29, 0.717) is 69.4 Å². The summed E-state index contributed by atoms with van der Waals surface area (Å²) in [6.07, 6.45) is -3.05. The number of fused-ring (bicyclic) bond motifs is 3. The molecule has 3 unspecified atom stereocenters. The smallest absolute Gasteiger partial charge is 0.433 e. The van der Waals surface area contributed by atoms with Gasteiger partial charge < -0.3 is 29.0 Å². The molecular weight excluding hydrogens is 1010 g/mol. The van der Waals surface area contributed by atoms with Crippen LogP contribution in [0.15, 0.2) is 82.4 Å². The fraction of sp³-hybridized carbons (Fsp3) is 0.426. The molecule has 396 valence electrons. The van der Waals surface area contributed by atoms with Gasteiger partial charge in [-0.05, 0) is 82.4 Å². The third kappa shape index (κ3) is 11.3. The number of imide groups is 1. The number of alkyl halides is 3. The number of nitrogens with zero attached hydrogens (tertiary/aromatic N) is 6. The number of ether oxygens (including phenoxy) is 3. The minimum atomic E-state index is -4.89. The Labute approximate surface area is 440 Å². The third-order valence-electron chi connectivity index (χ3n) is 13.8. The molecule has 75 heavy (non-hydrogen) atoms. The van der Waals surface area contributed by atoms with Gasteiger partial charge in [0, 0.05) is 92.0 Å². The summed E-state index contributed by atoms with van der Waals surface area (Å²) in [7, 11) is 1.88.